The number of aliphatic hydroxyl groups is 1. The number of carbonyl (C=O) groups excluding carboxylic acids is 1. The topological polar surface area (TPSA) is 113 Å². The summed E-state index contributed by atoms with van der Waals surface area (Å²) in [5, 5.41) is 18.6. The number of aliphatic hydroxyl groups excluding tert-OH is 1. The summed E-state index contributed by atoms with van der Waals surface area (Å²) in [7, 11) is 0. The Morgan fingerprint density at radius 2 is 2.17 bits per heavy atom. The summed E-state index contributed by atoms with van der Waals surface area (Å²) in [5.74, 6) is -1.45. The Morgan fingerprint density at radius 1 is 1.50 bits per heavy atom. The van der Waals surface area contributed by atoms with E-state index in [9.17, 15) is 14.7 Å². The van der Waals surface area contributed by atoms with Crippen molar-refractivity contribution in [2.45, 2.75) is 31.5 Å². The Balaban J connectivity index is 2.20. The number of amides is 1. The molecule has 2 heterocycles. The zero-order valence-electron chi connectivity index (χ0n) is 10.2. The molecule has 4 unspecified atom stereocenters. The number of β-amino-alcohol motifs (C(OH)–C–C–N with tert-alkyl or cyclic N) is 1. The van der Waals surface area contributed by atoms with E-state index in [1.165, 1.54) is 4.90 Å². The SMILES string of the molecule is CC1(C(=O)N2CC(O)CC2C(=O)O)COCC1N. The molecule has 2 fully saturated rings. The maximum Gasteiger partial charge on any atom is 0.326 e. The molecule has 0 radical (unpaired) electrons. The Labute approximate surface area is 105 Å². The van der Waals surface area contributed by atoms with Crippen molar-refractivity contribution in [3.63, 3.8) is 0 Å². The quantitative estimate of drug-likeness (QED) is 0.549. The van der Waals surface area contributed by atoms with E-state index in [0.717, 1.165) is 0 Å². The predicted molar refractivity (Wildman–Crippen MR) is 60.7 cm³/mol. The normalized spacial score (nSPS) is 40.2. The summed E-state index contributed by atoms with van der Waals surface area (Å²) in [6, 6.07) is -1.42. The average molecular weight is 258 g/mol. The first-order chi connectivity index (χ1) is 8.36. The van der Waals surface area contributed by atoms with Crippen LogP contribution in [0.3, 0.4) is 0 Å². The van der Waals surface area contributed by atoms with Crippen LogP contribution in [0.4, 0.5) is 0 Å². The third-order valence-corrected chi connectivity index (χ3v) is 3.83. The van der Waals surface area contributed by atoms with E-state index in [1.54, 1.807) is 6.92 Å². The lowest BCUT2D eigenvalue weighted by molar-refractivity contribution is -0.153. The van der Waals surface area contributed by atoms with Crippen LogP contribution in [-0.2, 0) is 14.3 Å². The van der Waals surface area contributed by atoms with Crippen molar-refractivity contribution < 1.29 is 24.5 Å². The van der Waals surface area contributed by atoms with Crippen molar-refractivity contribution >= 4 is 11.9 Å². The fourth-order valence-corrected chi connectivity index (χ4v) is 2.51. The summed E-state index contributed by atoms with van der Waals surface area (Å²) < 4.78 is 5.19. The highest BCUT2D eigenvalue weighted by Gasteiger charge is 2.50. The first-order valence-corrected chi connectivity index (χ1v) is 5.91. The first kappa shape index (κ1) is 13.3. The first-order valence-electron chi connectivity index (χ1n) is 5.91. The number of carbonyl (C=O) groups is 2. The van der Waals surface area contributed by atoms with Crippen LogP contribution in [0.5, 0.6) is 0 Å². The Bertz CT molecular complexity index is 374. The van der Waals surface area contributed by atoms with Crippen molar-refractivity contribution in [2.24, 2.45) is 11.1 Å². The molecule has 0 aliphatic carbocycles. The number of nitrogens with two attached hydrogens (primary N) is 1. The molecule has 0 aromatic carbocycles. The van der Waals surface area contributed by atoms with Crippen LogP contribution in [0.15, 0.2) is 0 Å². The van der Waals surface area contributed by atoms with Crippen LogP contribution < -0.4 is 5.73 Å². The summed E-state index contributed by atoms with van der Waals surface area (Å²) in [6.07, 6.45) is -0.732. The molecule has 0 aromatic heterocycles. The van der Waals surface area contributed by atoms with Gasteiger partial charge in [-0.2, -0.15) is 0 Å². The second kappa shape index (κ2) is 4.49. The van der Waals surface area contributed by atoms with E-state index in [-0.39, 0.29) is 32.1 Å². The van der Waals surface area contributed by atoms with Crippen LogP contribution in [-0.4, -0.2) is 64.9 Å². The number of hydrogen-bond donors (Lipinski definition) is 3. The number of nitrogens with zero attached hydrogens (tertiary/aromatic N) is 1. The number of ether oxygens (including phenoxy) is 1. The molecular formula is C11H18N2O5. The molecule has 1 amide bonds. The van der Waals surface area contributed by atoms with Gasteiger partial charge < -0.3 is 25.6 Å². The number of likely N-dealkylation sites (tertiary alicyclic amines) is 1. The van der Waals surface area contributed by atoms with Crippen LogP contribution in [0.1, 0.15) is 13.3 Å². The largest absolute Gasteiger partial charge is 0.480 e. The van der Waals surface area contributed by atoms with Gasteiger partial charge in [-0.25, -0.2) is 4.79 Å². The Hall–Kier alpha value is -1.18. The molecular weight excluding hydrogens is 240 g/mol. The fraction of sp³-hybridized carbons (Fsp3) is 0.818. The smallest absolute Gasteiger partial charge is 0.326 e. The minimum Gasteiger partial charge on any atom is -0.480 e. The third kappa shape index (κ3) is 1.98. The van der Waals surface area contributed by atoms with E-state index in [0.29, 0.717) is 0 Å². The fourth-order valence-electron chi connectivity index (χ4n) is 2.51. The van der Waals surface area contributed by atoms with Gasteiger partial charge in [0.2, 0.25) is 5.91 Å². The highest BCUT2D eigenvalue weighted by Crippen LogP contribution is 2.32. The Kier molecular flexibility index (Phi) is 3.31. The van der Waals surface area contributed by atoms with Gasteiger partial charge in [-0.05, 0) is 6.92 Å². The standard InChI is InChI=1S/C11H18N2O5/c1-11(5-18-4-8(11)12)10(17)13-3-6(14)2-7(13)9(15)16/h6-8,14H,2-5,12H2,1H3,(H,15,16). The molecule has 7 heteroatoms. The van der Waals surface area contributed by atoms with Gasteiger partial charge in [0.05, 0.1) is 24.7 Å². The number of aliphatic carboxylic acids is 1. The molecule has 2 rings (SSSR count). The molecule has 0 aromatic rings. The van der Waals surface area contributed by atoms with Gasteiger partial charge in [0.15, 0.2) is 0 Å². The second-order valence-corrected chi connectivity index (χ2v) is 5.24. The van der Waals surface area contributed by atoms with Gasteiger partial charge in [0.1, 0.15) is 6.04 Å². The molecule has 0 bridgehead atoms. The molecule has 0 saturated carbocycles. The lowest BCUT2D eigenvalue weighted by Crippen LogP contribution is -2.54. The van der Waals surface area contributed by atoms with Gasteiger partial charge in [-0.1, -0.05) is 0 Å². The van der Waals surface area contributed by atoms with Crippen molar-refractivity contribution in [3.8, 4) is 0 Å². The summed E-state index contributed by atoms with van der Waals surface area (Å²) in [4.78, 5) is 24.7. The summed E-state index contributed by atoms with van der Waals surface area (Å²) in [6.45, 7) is 2.19. The van der Waals surface area contributed by atoms with Crippen molar-refractivity contribution in [2.75, 3.05) is 19.8 Å². The van der Waals surface area contributed by atoms with E-state index >= 15 is 0 Å². The van der Waals surface area contributed by atoms with E-state index < -0.39 is 29.6 Å². The molecule has 18 heavy (non-hydrogen) atoms. The lowest BCUT2D eigenvalue weighted by atomic mass is 9.84. The minimum atomic E-state index is -1.10. The molecule has 102 valence electrons. The lowest BCUT2D eigenvalue weighted by Gasteiger charge is -2.32. The molecule has 0 spiro atoms. The van der Waals surface area contributed by atoms with Gasteiger partial charge >= 0.3 is 5.97 Å². The van der Waals surface area contributed by atoms with Crippen molar-refractivity contribution in [1.29, 1.82) is 0 Å². The van der Waals surface area contributed by atoms with Crippen LogP contribution in [0, 0.1) is 5.41 Å². The van der Waals surface area contributed by atoms with E-state index in [2.05, 4.69) is 0 Å². The Morgan fingerprint density at radius 3 is 2.67 bits per heavy atom. The van der Waals surface area contributed by atoms with E-state index in [4.69, 9.17) is 15.6 Å². The molecule has 7 nitrogen and oxygen atoms in total. The van der Waals surface area contributed by atoms with E-state index in [1.807, 2.05) is 0 Å². The van der Waals surface area contributed by atoms with Crippen molar-refractivity contribution in [3.05, 3.63) is 0 Å². The predicted octanol–water partition coefficient (Wildman–Crippen LogP) is -1.60. The summed E-state index contributed by atoms with van der Waals surface area (Å²) >= 11 is 0. The van der Waals surface area contributed by atoms with Crippen molar-refractivity contribution in [1.82, 2.24) is 4.90 Å². The van der Waals surface area contributed by atoms with Gasteiger partial charge in [0, 0.05) is 19.0 Å². The van der Waals surface area contributed by atoms with Gasteiger partial charge in [0.25, 0.3) is 0 Å². The van der Waals surface area contributed by atoms with Crippen LogP contribution in [0.2, 0.25) is 0 Å². The molecule has 2 aliphatic rings. The number of rotatable bonds is 2. The number of hydrogen-bond acceptors (Lipinski definition) is 5. The zero-order chi connectivity index (χ0) is 13.5. The highest BCUT2D eigenvalue weighted by molar-refractivity contribution is 5.89. The summed E-state index contributed by atoms with van der Waals surface area (Å²) in [5.41, 5.74) is 4.95. The molecule has 2 aliphatic heterocycles. The van der Waals surface area contributed by atoms with Gasteiger partial charge in [-0.3, -0.25) is 4.79 Å². The molecule has 4 atom stereocenters. The number of carboxylic acid groups (broad SMARTS) is 1. The maximum atomic E-state index is 12.4. The maximum absolute atomic E-state index is 12.4. The van der Waals surface area contributed by atoms with Crippen LogP contribution in [0.25, 0.3) is 0 Å². The molecule has 4 N–H and O–H groups in total. The third-order valence-electron chi connectivity index (χ3n) is 3.83. The van der Waals surface area contributed by atoms with Gasteiger partial charge in [-0.15, -0.1) is 0 Å². The molecule has 2 saturated heterocycles. The second-order valence-electron chi connectivity index (χ2n) is 5.24. The number of carboxylic acids is 1. The monoisotopic (exact) mass is 258 g/mol. The average Bonchev–Trinajstić information content (AvgIpc) is 2.83. The minimum absolute atomic E-state index is 0.0398. The van der Waals surface area contributed by atoms with Crippen LogP contribution >= 0.6 is 0 Å². The highest BCUT2D eigenvalue weighted by atomic mass is 16.5. The zero-order valence-corrected chi connectivity index (χ0v) is 10.2.